The first kappa shape index (κ1) is 11.6. The topological polar surface area (TPSA) is 38.9 Å². The van der Waals surface area contributed by atoms with E-state index < -0.39 is 0 Å². The molecule has 0 amide bonds. The maximum absolute atomic E-state index is 6.64. The van der Waals surface area contributed by atoms with Crippen molar-refractivity contribution in [2.24, 2.45) is 17.6 Å². The van der Waals surface area contributed by atoms with Crippen LogP contribution in [0, 0.1) is 18.8 Å². The highest BCUT2D eigenvalue weighted by Crippen LogP contribution is 2.41. The summed E-state index contributed by atoms with van der Waals surface area (Å²) in [6.07, 6.45) is 7.45. The Morgan fingerprint density at radius 1 is 1.31 bits per heavy atom. The van der Waals surface area contributed by atoms with E-state index in [0.29, 0.717) is 5.92 Å². The third-order valence-electron chi connectivity index (χ3n) is 4.07. The normalized spacial score (nSPS) is 35.0. The summed E-state index contributed by atoms with van der Waals surface area (Å²) in [6.45, 7) is 6.65. The second-order valence-electron chi connectivity index (χ2n) is 5.58. The lowest BCUT2D eigenvalue weighted by Gasteiger charge is -2.42. The molecule has 2 nitrogen and oxygen atoms in total. The van der Waals surface area contributed by atoms with Crippen LogP contribution in [-0.2, 0) is 5.54 Å². The van der Waals surface area contributed by atoms with Gasteiger partial charge >= 0.3 is 0 Å². The summed E-state index contributed by atoms with van der Waals surface area (Å²) in [5, 5.41) is 0. The van der Waals surface area contributed by atoms with Crippen LogP contribution >= 0.6 is 0 Å². The molecule has 1 aliphatic carbocycles. The van der Waals surface area contributed by atoms with Gasteiger partial charge < -0.3 is 5.73 Å². The first-order chi connectivity index (χ1) is 7.52. The van der Waals surface area contributed by atoms with Gasteiger partial charge in [-0.2, -0.15) is 0 Å². The molecule has 2 N–H and O–H groups in total. The highest BCUT2D eigenvalue weighted by atomic mass is 14.8. The van der Waals surface area contributed by atoms with E-state index in [1.54, 1.807) is 0 Å². The Labute approximate surface area is 98.3 Å². The monoisotopic (exact) mass is 218 g/mol. The van der Waals surface area contributed by atoms with Crippen molar-refractivity contribution in [2.45, 2.75) is 45.6 Å². The van der Waals surface area contributed by atoms with Gasteiger partial charge in [-0.1, -0.05) is 26.3 Å². The number of pyridine rings is 1. The molecule has 1 heterocycles. The molecule has 1 fully saturated rings. The van der Waals surface area contributed by atoms with Gasteiger partial charge in [-0.05, 0) is 42.7 Å². The van der Waals surface area contributed by atoms with Crippen molar-refractivity contribution < 1.29 is 0 Å². The third-order valence-corrected chi connectivity index (χ3v) is 4.07. The molecule has 0 bridgehead atoms. The predicted molar refractivity (Wildman–Crippen MR) is 67.0 cm³/mol. The summed E-state index contributed by atoms with van der Waals surface area (Å²) in [5.74, 6) is 1.27. The molecule has 88 valence electrons. The van der Waals surface area contributed by atoms with E-state index in [2.05, 4.69) is 31.8 Å². The summed E-state index contributed by atoms with van der Waals surface area (Å²) in [7, 11) is 0. The molecule has 1 aromatic heterocycles. The Kier molecular flexibility index (Phi) is 3.02. The lowest BCUT2D eigenvalue weighted by Crippen LogP contribution is -2.47. The summed E-state index contributed by atoms with van der Waals surface area (Å²) in [4.78, 5) is 4.28. The van der Waals surface area contributed by atoms with Crippen molar-refractivity contribution in [3.8, 4) is 0 Å². The van der Waals surface area contributed by atoms with Crippen molar-refractivity contribution in [1.29, 1.82) is 0 Å². The largest absolute Gasteiger partial charge is 0.321 e. The number of nitrogens with zero attached hydrogens (tertiary/aromatic N) is 1. The van der Waals surface area contributed by atoms with Crippen LogP contribution < -0.4 is 5.73 Å². The van der Waals surface area contributed by atoms with Crippen molar-refractivity contribution in [3.05, 3.63) is 29.6 Å². The van der Waals surface area contributed by atoms with Gasteiger partial charge in [-0.15, -0.1) is 0 Å². The fourth-order valence-electron chi connectivity index (χ4n) is 2.88. The second-order valence-corrected chi connectivity index (χ2v) is 5.58. The van der Waals surface area contributed by atoms with Crippen LogP contribution in [0.15, 0.2) is 18.5 Å². The summed E-state index contributed by atoms with van der Waals surface area (Å²) in [6, 6.07) is 2.20. The van der Waals surface area contributed by atoms with Crippen LogP contribution in [0.4, 0.5) is 0 Å². The van der Waals surface area contributed by atoms with E-state index in [9.17, 15) is 0 Å². The number of aromatic nitrogens is 1. The molecule has 1 aliphatic rings. The SMILES string of the molecule is Cc1cncc(C2(N)CC(C)CCC2C)c1. The number of hydrogen-bond donors (Lipinski definition) is 1. The van der Waals surface area contributed by atoms with Gasteiger partial charge in [0.25, 0.3) is 0 Å². The molecular weight excluding hydrogens is 196 g/mol. The second kappa shape index (κ2) is 4.17. The van der Waals surface area contributed by atoms with Crippen LogP contribution in [0.1, 0.15) is 44.2 Å². The minimum atomic E-state index is -0.170. The smallest absolute Gasteiger partial charge is 0.0453 e. The lowest BCUT2D eigenvalue weighted by molar-refractivity contribution is 0.161. The maximum atomic E-state index is 6.64. The molecule has 0 saturated heterocycles. The van der Waals surface area contributed by atoms with Crippen LogP contribution in [0.3, 0.4) is 0 Å². The average molecular weight is 218 g/mol. The van der Waals surface area contributed by atoms with E-state index in [-0.39, 0.29) is 5.54 Å². The molecule has 1 saturated carbocycles. The van der Waals surface area contributed by atoms with Gasteiger partial charge in [-0.3, -0.25) is 4.98 Å². The van der Waals surface area contributed by atoms with Crippen LogP contribution in [0.2, 0.25) is 0 Å². The van der Waals surface area contributed by atoms with E-state index >= 15 is 0 Å². The van der Waals surface area contributed by atoms with Crippen molar-refractivity contribution in [2.75, 3.05) is 0 Å². The van der Waals surface area contributed by atoms with E-state index in [1.165, 1.54) is 24.0 Å². The Morgan fingerprint density at radius 2 is 2.06 bits per heavy atom. The Bertz CT molecular complexity index is 375. The van der Waals surface area contributed by atoms with Gasteiger partial charge in [0, 0.05) is 17.9 Å². The zero-order chi connectivity index (χ0) is 11.8. The predicted octanol–water partition coefficient (Wildman–Crippen LogP) is 3.00. The zero-order valence-corrected chi connectivity index (χ0v) is 10.5. The maximum Gasteiger partial charge on any atom is 0.0453 e. The zero-order valence-electron chi connectivity index (χ0n) is 10.5. The Balaban J connectivity index is 2.35. The minimum Gasteiger partial charge on any atom is -0.321 e. The van der Waals surface area contributed by atoms with Gasteiger partial charge in [0.1, 0.15) is 0 Å². The van der Waals surface area contributed by atoms with Crippen molar-refractivity contribution >= 4 is 0 Å². The number of hydrogen-bond acceptors (Lipinski definition) is 2. The number of rotatable bonds is 1. The molecular formula is C14H22N2. The lowest BCUT2D eigenvalue weighted by atomic mass is 9.67. The standard InChI is InChI=1S/C14H22N2/c1-10-4-5-12(3)14(15,7-10)13-6-11(2)8-16-9-13/h6,8-10,12H,4-5,7,15H2,1-3H3. The van der Waals surface area contributed by atoms with Gasteiger partial charge in [0.15, 0.2) is 0 Å². The van der Waals surface area contributed by atoms with Gasteiger partial charge in [-0.25, -0.2) is 0 Å². The van der Waals surface area contributed by atoms with E-state index in [4.69, 9.17) is 5.73 Å². The number of nitrogens with two attached hydrogens (primary N) is 1. The summed E-state index contributed by atoms with van der Waals surface area (Å²) in [5.41, 5.74) is 8.89. The van der Waals surface area contributed by atoms with Crippen LogP contribution in [-0.4, -0.2) is 4.98 Å². The molecule has 16 heavy (non-hydrogen) atoms. The first-order valence-electron chi connectivity index (χ1n) is 6.23. The van der Waals surface area contributed by atoms with Gasteiger partial charge in [0.2, 0.25) is 0 Å². The third kappa shape index (κ3) is 1.99. The highest BCUT2D eigenvalue weighted by Gasteiger charge is 2.38. The molecule has 0 aliphatic heterocycles. The van der Waals surface area contributed by atoms with Gasteiger partial charge in [0.05, 0.1) is 0 Å². The molecule has 0 spiro atoms. The molecule has 2 rings (SSSR count). The van der Waals surface area contributed by atoms with E-state index in [0.717, 1.165) is 12.3 Å². The minimum absolute atomic E-state index is 0.170. The van der Waals surface area contributed by atoms with Crippen molar-refractivity contribution in [1.82, 2.24) is 4.98 Å². The van der Waals surface area contributed by atoms with E-state index in [1.807, 2.05) is 12.4 Å². The molecule has 2 heteroatoms. The average Bonchev–Trinajstić information content (AvgIpc) is 2.24. The molecule has 3 unspecified atom stereocenters. The molecule has 0 radical (unpaired) electrons. The fourth-order valence-corrected chi connectivity index (χ4v) is 2.88. The Morgan fingerprint density at radius 3 is 2.75 bits per heavy atom. The van der Waals surface area contributed by atoms with Crippen LogP contribution in [0.25, 0.3) is 0 Å². The summed E-state index contributed by atoms with van der Waals surface area (Å²) >= 11 is 0. The molecule has 3 atom stereocenters. The Hall–Kier alpha value is -0.890. The van der Waals surface area contributed by atoms with Crippen LogP contribution in [0.5, 0.6) is 0 Å². The quantitative estimate of drug-likeness (QED) is 0.787. The number of aryl methyl sites for hydroxylation is 1. The van der Waals surface area contributed by atoms with Crippen molar-refractivity contribution in [3.63, 3.8) is 0 Å². The first-order valence-corrected chi connectivity index (χ1v) is 6.23. The molecule has 1 aromatic rings. The fraction of sp³-hybridized carbons (Fsp3) is 0.643. The molecule has 0 aromatic carbocycles. The summed E-state index contributed by atoms with van der Waals surface area (Å²) < 4.78 is 0. The highest BCUT2D eigenvalue weighted by molar-refractivity contribution is 5.26.